The number of nitro groups is 1. The van der Waals surface area contributed by atoms with E-state index in [0.29, 0.717) is 5.69 Å². The zero-order valence-electron chi connectivity index (χ0n) is 7.47. The van der Waals surface area contributed by atoms with Gasteiger partial charge in [0.25, 0.3) is 5.69 Å². The third-order valence-corrected chi connectivity index (χ3v) is 1.47. The van der Waals surface area contributed by atoms with Crippen LogP contribution in [0.3, 0.4) is 0 Å². The molecular weight excluding hydrogens is 224 g/mol. The van der Waals surface area contributed by atoms with E-state index in [2.05, 4.69) is 5.32 Å². The van der Waals surface area contributed by atoms with Crippen LogP contribution in [0.5, 0.6) is 0 Å². The van der Waals surface area contributed by atoms with Gasteiger partial charge in [0.1, 0.15) is 0 Å². The first kappa shape index (κ1) is 13.1. The Labute approximate surface area is 91.2 Å². The Morgan fingerprint density at radius 2 is 1.87 bits per heavy atom. The Balaban J connectivity index is 0.00000196. The Kier molecular flexibility index (Phi) is 5.07. The van der Waals surface area contributed by atoms with Gasteiger partial charge in [0.2, 0.25) is 0 Å². The lowest BCUT2D eigenvalue weighted by Crippen LogP contribution is -2.34. The molecule has 8 heteroatoms. The summed E-state index contributed by atoms with van der Waals surface area (Å²) in [5.41, 5.74) is 2.26. The zero-order chi connectivity index (χ0) is 10.6. The summed E-state index contributed by atoms with van der Waals surface area (Å²) in [6.07, 6.45) is 0. The number of nitro benzene ring substituents is 1. The van der Waals surface area contributed by atoms with Gasteiger partial charge in [-0.25, -0.2) is 10.6 Å². The molecule has 0 unspecified atom stereocenters. The molecule has 0 saturated carbocycles. The Hall–Kier alpha value is -1.86. The average Bonchev–Trinajstić information content (AvgIpc) is 2.18. The van der Waals surface area contributed by atoms with Crippen molar-refractivity contribution in [3.8, 4) is 0 Å². The van der Waals surface area contributed by atoms with Gasteiger partial charge in [0.15, 0.2) is 0 Å². The van der Waals surface area contributed by atoms with Crippen molar-refractivity contribution in [2.24, 2.45) is 5.84 Å². The maximum atomic E-state index is 10.7. The van der Waals surface area contributed by atoms with Crippen molar-refractivity contribution in [1.29, 1.82) is 0 Å². The Morgan fingerprint density at radius 3 is 2.27 bits per heavy atom. The highest BCUT2D eigenvalue weighted by Gasteiger charge is 2.04. The molecule has 0 atom stereocenters. The molecule has 7 nitrogen and oxygen atoms in total. The number of urea groups is 1. The molecular formula is C7H9ClN4O3. The molecule has 2 amide bonds. The highest BCUT2D eigenvalue weighted by molar-refractivity contribution is 5.88. The van der Waals surface area contributed by atoms with Gasteiger partial charge in [-0.2, -0.15) is 0 Å². The van der Waals surface area contributed by atoms with Gasteiger partial charge in [-0.15, -0.1) is 12.4 Å². The molecule has 1 aromatic rings. The van der Waals surface area contributed by atoms with E-state index in [4.69, 9.17) is 5.84 Å². The minimum atomic E-state index is -0.584. The predicted octanol–water partition coefficient (Wildman–Crippen LogP) is 1.01. The van der Waals surface area contributed by atoms with Crippen LogP contribution in [0.25, 0.3) is 0 Å². The molecule has 0 aliphatic heterocycles. The van der Waals surface area contributed by atoms with Crippen molar-refractivity contribution in [1.82, 2.24) is 5.43 Å². The van der Waals surface area contributed by atoms with Crippen LogP contribution in [-0.4, -0.2) is 11.0 Å². The van der Waals surface area contributed by atoms with Crippen LogP contribution in [-0.2, 0) is 0 Å². The summed E-state index contributed by atoms with van der Waals surface area (Å²) < 4.78 is 0. The monoisotopic (exact) mass is 232 g/mol. The van der Waals surface area contributed by atoms with Crippen LogP contribution in [0.15, 0.2) is 24.3 Å². The van der Waals surface area contributed by atoms with Gasteiger partial charge in [0, 0.05) is 17.8 Å². The number of nitrogens with zero attached hydrogens (tertiary/aromatic N) is 1. The molecule has 0 aliphatic rings. The van der Waals surface area contributed by atoms with E-state index < -0.39 is 11.0 Å². The number of carbonyl (C=O) groups excluding carboxylic acids is 1. The molecule has 0 spiro atoms. The van der Waals surface area contributed by atoms with E-state index in [0.717, 1.165) is 0 Å². The van der Waals surface area contributed by atoms with Crippen LogP contribution < -0.4 is 16.6 Å². The third-order valence-electron chi connectivity index (χ3n) is 1.47. The summed E-state index contributed by atoms with van der Waals surface area (Å²) in [7, 11) is 0. The number of hydrogen-bond acceptors (Lipinski definition) is 4. The van der Waals surface area contributed by atoms with E-state index in [1.165, 1.54) is 24.3 Å². The number of nitrogens with one attached hydrogen (secondary N) is 2. The fraction of sp³-hybridized carbons (Fsp3) is 0. The zero-order valence-corrected chi connectivity index (χ0v) is 8.28. The van der Waals surface area contributed by atoms with Gasteiger partial charge in [-0.3, -0.25) is 15.5 Å². The van der Waals surface area contributed by atoms with Gasteiger partial charge in [-0.05, 0) is 12.1 Å². The molecule has 0 aliphatic carbocycles. The van der Waals surface area contributed by atoms with Crippen molar-refractivity contribution in [3.05, 3.63) is 34.4 Å². The number of hydrogen-bond donors (Lipinski definition) is 3. The summed E-state index contributed by atoms with van der Waals surface area (Å²) in [4.78, 5) is 20.5. The number of benzene rings is 1. The second kappa shape index (κ2) is 5.78. The lowest BCUT2D eigenvalue weighted by atomic mass is 10.3. The van der Waals surface area contributed by atoms with E-state index in [-0.39, 0.29) is 18.1 Å². The van der Waals surface area contributed by atoms with E-state index >= 15 is 0 Å². The van der Waals surface area contributed by atoms with Crippen LogP contribution in [0.4, 0.5) is 16.2 Å². The lowest BCUT2D eigenvalue weighted by molar-refractivity contribution is -0.384. The van der Waals surface area contributed by atoms with Gasteiger partial charge >= 0.3 is 6.03 Å². The van der Waals surface area contributed by atoms with Crippen molar-refractivity contribution in [3.63, 3.8) is 0 Å². The van der Waals surface area contributed by atoms with Crippen LogP contribution in [0.2, 0.25) is 0 Å². The first-order valence-electron chi connectivity index (χ1n) is 3.65. The Bertz CT molecular complexity index is 354. The molecule has 0 fully saturated rings. The van der Waals surface area contributed by atoms with E-state index in [9.17, 15) is 14.9 Å². The number of amides is 2. The molecule has 4 N–H and O–H groups in total. The maximum absolute atomic E-state index is 10.7. The van der Waals surface area contributed by atoms with E-state index in [1.54, 1.807) is 0 Å². The number of non-ortho nitro benzene ring substituents is 1. The second-order valence-corrected chi connectivity index (χ2v) is 2.40. The van der Waals surface area contributed by atoms with Crippen LogP contribution in [0, 0.1) is 10.1 Å². The van der Waals surface area contributed by atoms with Crippen molar-refractivity contribution in [2.75, 3.05) is 5.32 Å². The summed E-state index contributed by atoms with van der Waals surface area (Å²) >= 11 is 0. The van der Waals surface area contributed by atoms with Crippen molar-refractivity contribution in [2.45, 2.75) is 0 Å². The standard InChI is InChI=1S/C7H8N4O3.ClH/c8-10-7(12)9-5-1-3-6(4-2-5)11(13)14;/h1-4H,8H2,(H2,9,10,12);1H. The molecule has 1 aromatic carbocycles. The minimum absolute atomic E-state index is 0. The average molecular weight is 233 g/mol. The van der Waals surface area contributed by atoms with Crippen LogP contribution in [0.1, 0.15) is 0 Å². The fourth-order valence-electron chi connectivity index (χ4n) is 0.834. The van der Waals surface area contributed by atoms with Crippen LogP contribution >= 0.6 is 12.4 Å². The highest BCUT2D eigenvalue weighted by Crippen LogP contribution is 2.14. The summed E-state index contributed by atoms with van der Waals surface area (Å²) in [6, 6.07) is 4.80. The number of anilines is 1. The molecule has 0 saturated heterocycles. The first-order chi connectivity index (χ1) is 6.63. The van der Waals surface area contributed by atoms with Gasteiger partial charge < -0.3 is 5.32 Å². The Morgan fingerprint density at radius 1 is 1.33 bits per heavy atom. The summed E-state index contributed by atoms with van der Waals surface area (Å²) in [6.45, 7) is 0. The van der Waals surface area contributed by atoms with Crippen molar-refractivity contribution >= 4 is 29.8 Å². The third kappa shape index (κ3) is 3.79. The molecule has 0 radical (unpaired) electrons. The molecule has 0 aromatic heterocycles. The quantitative estimate of drug-likeness (QED) is 0.306. The lowest BCUT2D eigenvalue weighted by Gasteiger charge is -2.02. The smallest absolute Gasteiger partial charge is 0.307 e. The summed E-state index contributed by atoms with van der Waals surface area (Å²) in [5.74, 6) is 4.83. The topological polar surface area (TPSA) is 110 Å². The molecule has 1 rings (SSSR count). The number of carbonyl (C=O) groups is 1. The van der Waals surface area contributed by atoms with Gasteiger partial charge in [0.05, 0.1) is 4.92 Å². The molecule has 0 heterocycles. The highest BCUT2D eigenvalue weighted by atomic mass is 35.5. The number of rotatable bonds is 2. The number of nitrogens with two attached hydrogens (primary N) is 1. The maximum Gasteiger partial charge on any atom is 0.333 e. The molecule has 15 heavy (non-hydrogen) atoms. The number of halogens is 1. The van der Waals surface area contributed by atoms with Gasteiger partial charge in [-0.1, -0.05) is 0 Å². The number of hydrazine groups is 1. The molecule has 0 bridgehead atoms. The first-order valence-corrected chi connectivity index (χ1v) is 3.65. The fourth-order valence-corrected chi connectivity index (χ4v) is 0.834. The summed E-state index contributed by atoms with van der Waals surface area (Å²) in [5, 5.41) is 12.6. The minimum Gasteiger partial charge on any atom is -0.307 e. The normalized spacial score (nSPS) is 8.60. The molecule has 82 valence electrons. The van der Waals surface area contributed by atoms with E-state index in [1.807, 2.05) is 5.43 Å². The second-order valence-electron chi connectivity index (χ2n) is 2.40. The largest absolute Gasteiger partial charge is 0.333 e. The predicted molar refractivity (Wildman–Crippen MR) is 56.7 cm³/mol. The van der Waals surface area contributed by atoms with Crippen molar-refractivity contribution < 1.29 is 9.72 Å². The SMILES string of the molecule is Cl.NNC(=O)Nc1ccc([N+](=O)[O-])cc1.